The van der Waals surface area contributed by atoms with Crippen LogP contribution in [0.2, 0.25) is 0 Å². The summed E-state index contributed by atoms with van der Waals surface area (Å²) >= 11 is 1.98. The van der Waals surface area contributed by atoms with Crippen molar-refractivity contribution in [3.05, 3.63) is 53.1 Å². The summed E-state index contributed by atoms with van der Waals surface area (Å²) in [5.74, 6) is 3.40. The van der Waals surface area contributed by atoms with E-state index in [-0.39, 0.29) is 23.0 Å². The second-order valence-electron chi connectivity index (χ2n) is 10.8. The summed E-state index contributed by atoms with van der Waals surface area (Å²) in [5, 5.41) is 10.0. The first-order valence-electron chi connectivity index (χ1n) is 12.8. The molecule has 192 valence electrons. The summed E-state index contributed by atoms with van der Waals surface area (Å²) in [6.07, 6.45) is 4.68. The number of rotatable bonds is 7. The molecular weight excluding hydrogens is 478 g/mol. The lowest BCUT2D eigenvalue weighted by atomic mass is 9.84. The molecule has 35 heavy (non-hydrogen) atoms. The molecule has 2 aliphatic rings. The molecule has 2 aliphatic heterocycles. The van der Waals surface area contributed by atoms with E-state index in [0.717, 1.165) is 54.9 Å². The quantitative estimate of drug-likeness (QED) is 0.494. The van der Waals surface area contributed by atoms with Crippen LogP contribution in [0.15, 0.2) is 41.3 Å². The Kier molecular flexibility index (Phi) is 8.08. The van der Waals surface area contributed by atoms with Crippen molar-refractivity contribution < 1.29 is 18.3 Å². The molecule has 1 atom stereocenters. The van der Waals surface area contributed by atoms with Gasteiger partial charge in [-0.3, -0.25) is 4.31 Å². The molecule has 1 saturated heterocycles. The molecule has 0 aliphatic carbocycles. The average Bonchev–Trinajstić information content (AvgIpc) is 2.86. The van der Waals surface area contributed by atoms with Gasteiger partial charge in [0.15, 0.2) is 0 Å². The molecular formula is C28H39NO4S2. The Balaban J connectivity index is 1.65. The number of sulfonamides is 1. The Bertz CT molecular complexity index is 1130. The molecule has 0 amide bonds. The fourth-order valence-corrected chi connectivity index (χ4v) is 8.06. The Morgan fingerprint density at radius 3 is 2.49 bits per heavy atom. The lowest BCUT2D eigenvalue weighted by molar-refractivity contribution is 0.226. The van der Waals surface area contributed by atoms with Crippen molar-refractivity contribution >= 4 is 27.5 Å². The van der Waals surface area contributed by atoms with Crippen molar-refractivity contribution in [2.75, 3.05) is 22.4 Å². The fraction of sp³-hybridized carbons (Fsp3) is 0.571. The number of aliphatic hydroxyl groups is 1. The van der Waals surface area contributed by atoms with E-state index >= 15 is 0 Å². The molecule has 1 unspecified atom stereocenters. The number of hydrogen-bond acceptors (Lipinski definition) is 5. The third-order valence-corrected chi connectivity index (χ3v) is 10.2. The van der Waals surface area contributed by atoms with E-state index in [4.69, 9.17) is 4.74 Å². The largest absolute Gasteiger partial charge is 0.493 e. The van der Waals surface area contributed by atoms with Gasteiger partial charge in [0.25, 0.3) is 10.0 Å². The molecule has 0 aromatic heterocycles. The van der Waals surface area contributed by atoms with Crippen molar-refractivity contribution in [1.29, 1.82) is 0 Å². The summed E-state index contributed by atoms with van der Waals surface area (Å²) in [6.45, 7) is 8.91. The second kappa shape index (κ2) is 10.7. The molecule has 2 aromatic carbocycles. The SMILES string of the molecule is CCC1CCc2cc(C(C)(C)C)ccc2N1S(=O)(=O)c1ccc(OCC2CCSCC2)c(CO)c1. The number of benzene rings is 2. The van der Waals surface area contributed by atoms with Gasteiger partial charge in [0.2, 0.25) is 0 Å². The van der Waals surface area contributed by atoms with E-state index in [1.807, 2.05) is 24.8 Å². The Morgan fingerprint density at radius 1 is 1.09 bits per heavy atom. The van der Waals surface area contributed by atoms with Crippen LogP contribution >= 0.6 is 11.8 Å². The number of ether oxygens (including phenoxy) is 1. The molecule has 0 bridgehead atoms. The zero-order chi connectivity index (χ0) is 25.2. The van der Waals surface area contributed by atoms with Crippen molar-refractivity contribution in [3.8, 4) is 5.75 Å². The number of anilines is 1. The van der Waals surface area contributed by atoms with Crippen LogP contribution in [0.4, 0.5) is 5.69 Å². The highest BCUT2D eigenvalue weighted by molar-refractivity contribution is 7.99. The molecule has 4 rings (SSSR count). The second-order valence-corrected chi connectivity index (χ2v) is 13.8. The van der Waals surface area contributed by atoms with Gasteiger partial charge in [-0.1, -0.05) is 39.8 Å². The highest BCUT2D eigenvalue weighted by Crippen LogP contribution is 2.39. The monoisotopic (exact) mass is 517 g/mol. The molecule has 0 radical (unpaired) electrons. The van der Waals surface area contributed by atoms with Crippen LogP contribution in [0.25, 0.3) is 0 Å². The standard InChI is InChI=1S/C28H39NO4S2/c1-5-24-8-6-21-16-23(28(2,3)4)7-10-26(21)29(24)35(31,32)25-9-11-27(22(17-25)18-30)33-19-20-12-14-34-15-13-20/h7,9-11,16-17,20,24,30H,5-6,8,12-15,18-19H2,1-4H3. The maximum atomic E-state index is 14.0. The molecule has 1 N–H and O–H groups in total. The van der Waals surface area contributed by atoms with Gasteiger partial charge in [-0.05, 0) is 90.3 Å². The normalized spacial score (nSPS) is 19.5. The van der Waals surface area contributed by atoms with Gasteiger partial charge in [-0.25, -0.2) is 8.42 Å². The van der Waals surface area contributed by atoms with Gasteiger partial charge in [0.1, 0.15) is 5.75 Å². The first-order chi connectivity index (χ1) is 16.6. The van der Waals surface area contributed by atoms with Crippen LogP contribution in [-0.4, -0.2) is 37.7 Å². The molecule has 0 saturated carbocycles. The minimum atomic E-state index is -3.81. The fourth-order valence-electron chi connectivity index (χ4n) is 5.01. The van der Waals surface area contributed by atoms with Crippen LogP contribution in [0.1, 0.15) is 70.1 Å². The van der Waals surface area contributed by atoms with E-state index < -0.39 is 10.0 Å². The van der Waals surface area contributed by atoms with E-state index in [9.17, 15) is 13.5 Å². The molecule has 5 nitrogen and oxygen atoms in total. The van der Waals surface area contributed by atoms with Crippen molar-refractivity contribution in [1.82, 2.24) is 0 Å². The predicted molar refractivity (Wildman–Crippen MR) is 145 cm³/mol. The maximum absolute atomic E-state index is 14.0. The summed E-state index contributed by atoms with van der Waals surface area (Å²) < 4.78 is 35.6. The van der Waals surface area contributed by atoms with Crippen molar-refractivity contribution in [2.45, 2.75) is 82.8 Å². The average molecular weight is 518 g/mol. The van der Waals surface area contributed by atoms with Crippen LogP contribution in [0, 0.1) is 5.92 Å². The lowest BCUT2D eigenvalue weighted by Crippen LogP contribution is -2.43. The number of aliphatic hydroxyl groups excluding tert-OH is 1. The smallest absolute Gasteiger partial charge is 0.264 e. The lowest BCUT2D eigenvalue weighted by Gasteiger charge is -2.38. The Hall–Kier alpha value is -1.70. The highest BCUT2D eigenvalue weighted by atomic mass is 32.2. The van der Waals surface area contributed by atoms with Gasteiger partial charge in [-0.15, -0.1) is 0 Å². The Labute approximate surface area is 215 Å². The minimum absolute atomic E-state index is 0.00264. The van der Waals surface area contributed by atoms with Crippen molar-refractivity contribution in [3.63, 3.8) is 0 Å². The van der Waals surface area contributed by atoms with Crippen LogP contribution in [0.5, 0.6) is 5.75 Å². The van der Waals surface area contributed by atoms with E-state index in [1.54, 1.807) is 22.5 Å². The summed E-state index contributed by atoms with van der Waals surface area (Å²) in [5.41, 5.74) is 3.59. The predicted octanol–water partition coefficient (Wildman–Crippen LogP) is 5.92. The number of hydrogen-bond donors (Lipinski definition) is 1. The topological polar surface area (TPSA) is 66.8 Å². The molecule has 2 heterocycles. The van der Waals surface area contributed by atoms with Crippen molar-refractivity contribution in [2.24, 2.45) is 5.92 Å². The third-order valence-electron chi connectivity index (χ3n) is 7.31. The zero-order valence-corrected chi connectivity index (χ0v) is 23.1. The summed E-state index contributed by atoms with van der Waals surface area (Å²) in [7, 11) is -3.81. The number of nitrogens with zero attached hydrogens (tertiary/aromatic N) is 1. The molecule has 7 heteroatoms. The Morgan fingerprint density at radius 2 is 1.83 bits per heavy atom. The maximum Gasteiger partial charge on any atom is 0.264 e. The van der Waals surface area contributed by atoms with Crippen LogP contribution in [0.3, 0.4) is 0 Å². The van der Waals surface area contributed by atoms with E-state index in [1.165, 1.54) is 5.56 Å². The highest BCUT2D eigenvalue weighted by Gasteiger charge is 2.36. The van der Waals surface area contributed by atoms with Gasteiger partial charge < -0.3 is 9.84 Å². The number of aryl methyl sites for hydroxylation is 1. The molecule has 2 aromatic rings. The van der Waals surface area contributed by atoms with Crippen LogP contribution < -0.4 is 9.04 Å². The minimum Gasteiger partial charge on any atom is -0.493 e. The van der Waals surface area contributed by atoms with E-state index in [0.29, 0.717) is 23.8 Å². The number of fused-ring (bicyclic) bond motifs is 1. The first kappa shape index (κ1) is 26.4. The summed E-state index contributed by atoms with van der Waals surface area (Å²) in [4.78, 5) is 0.203. The molecule has 0 spiro atoms. The van der Waals surface area contributed by atoms with E-state index in [2.05, 4.69) is 32.9 Å². The number of thioether (sulfide) groups is 1. The van der Waals surface area contributed by atoms with Gasteiger partial charge in [0.05, 0.1) is 23.8 Å². The van der Waals surface area contributed by atoms with Gasteiger partial charge in [-0.2, -0.15) is 11.8 Å². The van der Waals surface area contributed by atoms with Gasteiger partial charge >= 0.3 is 0 Å². The van der Waals surface area contributed by atoms with Crippen LogP contribution in [-0.2, 0) is 28.5 Å². The first-order valence-corrected chi connectivity index (χ1v) is 15.4. The zero-order valence-electron chi connectivity index (χ0n) is 21.4. The molecule has 1 fully saturated rings. The summed E-state index contributed by atoms with van der Waals surface area (Å²) in [6, 6.07) is 11.0. The third kappa shape index (κ3) is 5.67. The van der Waals surface area contributed by atoms with Gasteiger partial charge in [0, 0.05) is 11.6 Å².